The van der Waals surface area contributed by atoms with Crippen LogP contribution in [0.3, 0.4) is 0 Å². The van der Waals surface area contributed by atoms with Crippen LogP contribution >= 0.6 is 0 Å². The lowest BCUT2D eigenvalue weighted by Crippen LogP contribution is -2.26. The van der Waals surface area contributed by atoms with Crippen LogP contribution in [-0.4, -0.2) is 11.8 Å². The zero-order valence-corrected chi connectivity index (χ0v) is 8.42. The molecular formula is C12H15NO. The molecule has 2 rings (SSSR count). The van der Waals surface area contributed by atoms with Crippen molar-refractivity contribution >= 4 is 11.5 Å². The minimum atomic E-state index is 0.127. The lowest BCUT2D eigenvalue weighted by molar-refractivity contribution is 0.101. The van der Waals surface area contributed by atoms with E-state index in [2.05, 4.69) is 5.32 Å². The highest BCUT2D eigenvalue weighted by molar-refractivity contribution is 5.94. The Morgan fingerprint density at radius 2 is 2.21 bits per heavy atom. The third-order valence-corrected chi connectivity index (χ3v) is 2.75. The number of carbonyl (C=O) groups is 1. The molecule has 1 aromatic carbocycles. The van der Waals surface area contributed by atoms with Gasteiger partial charge in [0.25, 0.3) is 0 Å². The summed E-state index contributed by atoms with van der Waals surface area (Å²) in [6.07, 6.45) is 3.83. The number of nitrogens with one attached hydrogen (secondary N) is 1. The van der Waals surface area contributed by atoms with Gasteiger partial charge in [0, 0.05) is 17.3 Å². The van der Waals surface area contributed by atoms with Crippen molar-refractivity contribution in [2.24, 2.45) is 0 Å². The maximum absolute atomic E-state index is 11.1. The molecule has 0 amide bonds. The summed E-state index contributed by atoms with van der Waals surface area (Å²) >= 11 is 0. The Kier molecular flexibility index (Phi) is 2.53. The summed E-state index contributed by atoms with van der Waals surface area (Å²) in [5.41, 5.74) is 1.86. The van der Waals surface area contributed by atoms with Crippen LogP contribution in [0.25, 0.3) is 0 Å². The topological polar surface area (TPSA) is 29.1 Å². The Bertz CT molecular complexity index is 342. The first-order chi connectivity index (χ1) is 6.75. The Balaban J connectivity index is 2.09. The molecule has 0 radical (unpaired) electrons. The van der Waals surface area contributed by atoms with Gasteiger partial charge in [0.2, 0.25) is 0 Å². The number of rotatable bonds is 3. The average Bonchev–Trinajstić information content (AvgIpc) is 2.12. The van der Waals surface area contributed by atoms with Crippen LogP contribution in [-0.2, 0) is 0 Å². The van der Waals surface area contributed by atoms with Gasteiger partial charge in [-0.1, -0.05) is 12.1 Å². The third kappa shape index (κ3) is 1.95. The zero-order chi connectivity index (χ0) is 9.97. The van der Waals surface area contributed by atoms with Crippen molar-refractivity contribution in [3.8, 4) is 0 Å². The van der Waals surface area contributed by atoms with Crippen LogP contribution in [0.4, 0.5) is 5.69 Å². The summed E-state index contributed by atoms with van der Waals surface area (Å²) in [6.45, 7) is 1.60. The first kappa shape index (κ1) is 9.25. The maximum Gasteiger partial charge on any atom is 0.159 e. The van der Waals surface area contributed by atoms with Crippen LogP contribution < -0.4 is 5.32 Å². The highest BCUT2D eigenvalue weighted by Gasteiger charge is 2.16. The molecule has 2 nitrogen and oxygen atoms in total. The van der Waals surface area contributed by atoms with Crippen molar-refractivity contribution < 1.29 is 4.79 Å². The fourth-order valence-electron chi connectivity index (χ4n) is 1.62. The zero-order valence-electron chi connectivity index (χ0n) is 8.42. The van der Waals surface area contributed by atoms with Crippen molar-refractivity contribution in [1.82, 2.24) is 0 Å². The first-order valence-electron chi connectivity index (χ1n) is 5.13. The summed E-state index contributed by atoms with van der Waals surface area (Å²) in [4.78, 5) is 11.1. The molecule has 0 saturated heterocycles. The van der Waals surface area contributed by atoms with Gasteiger partial charge in [-0.15, -0.1) is 0 Å². The number of hydrogen-bond donors (Lipinski definition) is 1. The van der Waals surface area contributed by atoms with E-state index in [4.69, 9.17) is 0 Å². The number of carbonyl (C=O) groups excluding carboxylic acids is 1. The molecule has 0 heterocycles. The van der Waals surface area contributed by atoms with Gasteiger partial charge < -0.3 is 5.32 Å². The summed E-state index contributed by atoms with van der Waals surface area (Å²) < 4.78 is 0. The quantitative estimate of drug-likeness (QED) is 0.741. The van der Waals surface area contributed by atoms with Crippen LogP contribution in [0.1, 0.15) is 36.5 Å². The lowest BCUT2D eigenvalue weighted by atomic mass is 9.93. The molecule has 0 aliphatic heterocycles. The molecule has 2 heteroatoms. The molecule has 0 atom stereocenters. The van der Waals surface area contributed by atoms with Crippen molar-refractivity contribution in [3.63, 3.8) is 0 Å². The SMILES string of the molecule is CC(=O)c1cccc(NC2CCC2)c1. The molecule has 1 aliphatic rings. The number of anilines is 1. The Hall–Kier alpha value is -1.31. The molecule has 1 aromatic rings. The van der Waals surface area contributed by atoms with Gasteiger partial charge in [-0.2, -0.15) is 0 Å². The monoisotopic (exact) mass is 189 g/mol. The van der Waals surface area contributed by atoms with Crippen LogP contribution in [0.5, 0.6) is 0 Å². The Morgan fingerprint density at radius 1 is 1.43 bits per heavy atom. The normalized spacial score (nSPS) is 16.1. The van der Waals surface area contributed by atoms with Gasteiger partial charge in [-0.3, -0.25) is 4.79 Å². The largest absolute Gasteiger partial charge is 0.382 e. The van der Waals surface area contributed by atoms with Gasteiger partial charge >= 0.3 is 0 Å². The summed E-state index contributed by atoms with van der Waals surface area (Å²) in [5.74, 6) is 0.127. The fraction of sp³-hybridized carbons (Fsp3) is 0.417. The van der Waals surface area contributed by atoms with Crippen LogP contribution in [0.15, 0.2) is 24.3 Å². The van der Waals surface area contributed by atoms with E-state index < -0.39 is 0 Å². The van der Waals surface area contributed by atoms with Gasteiger partial charge in [-0.25, -0.2) is 0 Å². The Morgan fingerprint density at radius 3 is 2.79 bits per heavy atom. The third-order valence-electron chi connectivity index (χ3n) is 2.75. The van der Waals surface area contributed by atoms with Gasteiger partial charge in [0.05, 0.1) is 0 Å². The van der Waals surface area contributed by atoms with Crippen LogP contribution in [0, 0.1) is 0 Å². The highest BCUT2D eigenvalue weighted by Crippen LogP contribution is 2.23. The smallest absolute Gasteiger partial charge is 0.159 e. The number of hydrogen-bond acceptors (Lipinski definition) is 2. The standard InChI is InChI=1S/C12H15NO/c1-9(14)10-4-2-7-12(8-10)13-11-5-3-6-11/h2,4,7-8,11,13H,3,5-6H2,1H3. The van der Waals surface area contributed by atoms with Crippen molar-refractivity contribution in [2.45, 2.75) is 32.2 Å². The molecule has 0 aromatic heterocycles. The molecule has 1 saturated carbocycles. The fourth-order valence-corrected chi connectivity index (χ4v) is 1.62. The highest BCUT2D eigenvalue weighted by atomic mass is 16.1. The molecule has 1 aliphatic carbocycles. The summed E-state index contributed by atoms with van der Waals surface area (Å²) in [5, 5.41) is 3.42. The predicted octanol–water partition coefficient (Wildman–Crippen LogP) is 2.85. The van der Waals surface area contributed by atoms with Crippen molar-refractivity contribution in [2.75, 3.05) is 5.32 Å². The van der Waals surface area contributed by atoms with Gasteiger partial charge in [-0.05, 0) is 38.3 Å². The van der Waals surface area contributed by atoms with E-state index in [1.807, 2.05) is 24.3 Å². The minimum absolute atomic E-state index is 0.127. The summed E-state index contributed by atoms with van der Waals surface area (Å²) in [7, 11) is 0. The second kappa shape index (κ2) is 3.82. The number of Topliss-reactive ketones (excluding diaryl/α,β-unsaturated/α-hetero) is 1. The predicted molar refractivity (Wildman–Crippen MR) is 57.7 cm³/mol. The second-order valence-electron chi connectivity index (χ2n) is 3.91. The molecular weight excluding hydrogens is 174 g/mol. The van der Waals surface area contributed by atoms with E-state index >= 15 is 0 Å². The van der Waals surface area contributed by atoms with E-state index in [0.717, 1.165) is 11.3 Å². The molecule has 0 unspecified atom stereocenters. The maximum atomic E-state index is 11.1. The summed E-state index contributed by atoms with van der Waals surface area (Å²) in [6, 6.07) is 8.36. The second-order valence-corrected chi connectivity index (χ2v) is 3.91. The Labute approximate surface area is 84.3 Å². The molecule has 1 N–H and O–H groups in total. The molecule has 14 heavy (non-hydrogen) atoms. The van der Waals surface area contributed by atoms with Gasteiger partial charge in [0.1, 0.15) is 0 Å². The lowest BCUT2D eigenvalue weighted by Gasteiger charge is -2.27. The van der Waals surface area contributed by atoms with E-state index in [1.54, 1.807) is 6.92 Å². The first-order valence-corrected chi connectivity index (χ1v) is 5.13. The van der Waals surface area contributed by atoms with Crippen LogP contribution in [0.2, 0.25) is 0 Å². The average molecular weight is 189 g/mol. The molecule has 0 spiro atoms. The number of benzene rings is 1. The molecule has 0 bridgehead atoms. The molecule has 74 valence electrons. The van der Waals surface area contributed by atoms with E-state index in [-0.39, 0.29) is 5.78 Å². The van der Waals surface area contributed by atoms with Crippen molar-refractivity contribution in [3.05, 3.63) is 29.8 Å². The minimum Gasteiger partial charge on any atom is -0.382 e. The number of ketones is 1. The van der Waals surface area contributed by atoms with Gasteiger partial charge in [0.15, 0.2) is 5.78 Å². The van der Waals surface area contributed by atoms with Crippen molar-refractivity contribution in [1.29, 1.82) is 0 Å². The van der Waals surface area contributed by atoms with E-state index in [9.17, 15) is 4.79 Å². The van der Waals surface area contributed by atoms with E-state index in [0.29, 0.717) is 6.04 Å². The molecule has 1 fully saturated rings. The van der Waals surface area contributed by atoms with E-state index in [1.165, 1.54) is 19.3 Å².